The van der Waals surface area contributed by atoms with Crippen molar-refractivity contribution in [2.45, 2.75) is 18.6 Å². The lowest BCUT2D eigenvalue weighted by Gasteiger charge is -2.33. The number of methoxy groups -OCH3 is 1. The number of ether oxygens (including phenoxy) is 2. The highest BCUT2D eigenvalue weighted by molar-refractivity contribution is 6.35. The Hall–Kier alpha value is -2.24. The lowest BCUT2D eigenvalue weighted by Crippen LogP contribution is -2.44. The zero-order chi connectivity index (χ0) is 22.7. The van der Waals surface area contributed by atoms with Crippen molar-refractivity contribution in [3.05, 3.63) is 98.5 Å². The number of likely N-dealkylation sites (tertiary alicyclic amines) is 1. The van der Waals surface area contributed by atoms with E-state index >= 15 is 0 Å². The van der Waals surface area contributed by atoms with Gasteiger partial charge in [0.05, 0.1) is 0 Å². The number of hydrogen-bond acceptors (Lipinski definition) is 3. The minimum Gasteiger partial charge on any atom is -0.481 e. The van der Waals surface area contributed by atoms with Crippen LogP contribution in [0.25, 0.3) is 0 Å². The van der Waals surface area contributed by atoms with E-state index in [1.807, 2.05) is 42.5 Å². The van der Waals surface area contributed by atoms with Gasteiger partial charge in [-0.05, 0) is 53.9 Å². The van der Waals surface area contributed by atoms with Gasteiger partial charge in [-0.15, -0.1) is 0 Å². The first-order valence-electron chi connectivity index (χ1n) is 10.2. The summed E-state index contributed by atoms with van der Waals surface area (Å²) in [7, 11) is 1.54. The molecular formula is C25H22Cl3NO3. The fraction of sp³-hybridized carbons (Fsp3) is 0.240. The van der Waals surface area contributed by atoms with Crippen molar-refractivity contribution in [1.29, 1.82) is 0 Å². The van der Waals surface area contributed by atoms with Crippen LogP contribution in [0.2, 0.25) is 15.1 Å². The average molecular weight is 491 g/mol. The molecule has 1 saturated heterocycles. The van der Waals surface area contributed by atoms with E-state index in [9.17, 15) is 4.79 Å². The monoisotopic (exact) mass is 489 g/mol. The van der Waals surface area contributed by atoms with Crippen LogP contribution in [0.4, 0.5) is 0 Å². The molecule has 0 N–H and O–H groups in total. The highest BCUT2D eigenvalue weighted by Gasteiger charge is 2.29. The fourth-order valence-electron chi connectivity index (χ4n) is 3.63. The van der Waals surface area contributed by atoms with Gasteiger partial charge in [0.2, 0.25) is 0 Å². The molecule has 3 aromatic carbocycles. The van der Waals surface area contributed by atoms with Crippen molar-refractivity contribution >= 4 is 40.7 Å². The third kappa shape index (κ3) is 5.05. The average Bonchev–Trinajstić information content (AvgIpc) is 2.73. The molecule has 0 aromatic heterocycles. The third-order valence-electron chi connectivity index (χ3n) is 5.46. The van der Waals surface area contributed by atoms with Gasteiger partial charge >= 0.3 is 0 Å². The molecule has 7 heteroatoms. The van der Waals surface area contributed by atoms with Gasteiger partial charge in [0, 0.05) is 40.8 Å². The smallest absolute Gasteiger partial charge is 0.256 e. The Morgan fingerprint density at radius 1 is 0.906 bits per heavy atom. The van der Waals surface area contributed by atoms with E-state index in [2.05, 4.69) is 0 Å². The van der Waals surface area contributed by atoms with Gasteiger partial charge in [0.15, 0.2) is 12.2 Å². The Bertz CT molecular complexity index is 1100. The van der Waals surface area contributed by atoms with E-state index in [1.165, 1.54) is 0 Å². The molecule has 0 radical (unpaired) electrons. The van der Waals surface area contributed by atoms with Gasteiger partial charge in [-0.1, -0.05) is 65.1 Å². The number of benzene rings is 3. The summed E-state index contributed by atoms with van der Waals surface area (Å²) in [4.78, 5) is 14.6. The molecule has 3 aromatic rings. The van der Waals surface area contributed by atoms with Crippen molar-refractivity contribution in [1.82, 2.24) is 4.90 Å². The summed E-state index contributed by atoms with van der Waals surface area (Å²) >= 11 is 18.7. The topological polar surface area (TPSA) is 38.8 Å². The lowest BCUT2D eigenvalue weighted by atomic mass is 10.0. The second-order valence-electron chi connectivity index (χ2n) is 7.58. The maximum absolute atomic E-state index is 12.8. The molecule has 1 aliphatic rings. The van der Waals surface area contributed by atoms with E-state index in [-0.39, 0.29) is 5.91 Å². The molecule has 1 unspecified atom stereocenters. The SMILES string of the molecule is CO[C@H](C(=O)N1CCC1)c1cccc(OC(c2ccc(Cl)cc2)c2ccc(Cl)cc2Cl)c1. The number of nitrogens with zero attached hydrogens (tertiary/aromatic N) is 1. The summed E-state index contributed by atoms with van der Waals surface area (Å²) in [6.45, 7) is 1.53. The summed E-state index contributed by atoms with van der Waals surface area (Å²) in [6.07, 6.45) is -0.151. The van der Waals surface area contributed by atoms with Gasteiger partial charge in [0.25, 0.3) is 5.91 Å². The van der Waals surface area contributed by atoms with Crippen molar-refractivity contribution in [2.24, 2.45) is 0 Å². The summed E-state index contributed by atoms with van der Waals surface area (Å²) in [5, 5.41) is 1.67. The predicted octanol–water partition coefficient (Wildman–Crippen LogP) is 6.74. The van der Waals surface area contributed by atoms with E-state index in [0.29, 0.717) is 20.8 Å². The number of rotatable bonds is 7. The summed E-state index contributed by atoms with van der Waals surface area (Å²) in [5.41, 5.74) is 2.38. The zero-order valence-electron chi connectivity index (χ0n) is 17.4. The second-order valence-corrected chi connectivity index (χ2v) is 8.86. The minimum atomic E-state index is -0.674. The Morgan fingerprint density at radius 3 is 2.25 bits per heavy atom. The van der Waals surface area contributed by atoms with Gasteiger partial charge in [-0.2, -0.15) is 0 Å². The zero-order valence-corrected chi connectivity index (χ0v) is 19.7. The highest BCUT2D eigenvalue weighted by atomic mass is 35.5. The molecule has 32 heavy (non-hydrogen) atoms. The number of carbonyl (C=O) groups excluding carboxylic acids is 1. The molecule has 0 spiro atoms. The quantitative estimate of drug-likeness (QED) is 0.368. The molecule has 4 rings (SSSR count). The molecule has 1 aliphatic heterocycles. The van der Waals surface area contributed by atoms with Crippen LogP contribution >= 0.6 is 34.8 Å². The molecule has 4 nitrogen and oxygen atoms in total. The van der Waals surface area contributed by atoms with Crippen molar-refractivity contribution in [3.8, 4) is 5.75 Å². The summed E-state index contributed by atoms with van der Waals surface area (Å²) in [5.74, 6) is 0.554. The molecule has 1 heterocycles. The van der Waals surface area contributed by atoms with E-state index in [4.69, 9.17) is 44.3 Å². The molecule has 1 fully saturated rings. The third-order valence-corrected chi connectivity index (χ3v) is 6.27. The normalized spacial score (nSPS) is 15.1. The lowest BCUT2D eigenvalue weighted by molar-refractivity contribution is -0.146. The minimum absolute atomic E-state index is 0.0362. The van der Waals surface area contributed by atoms with Crippen molar-refractivity contribution in [2.75, 3.05) is 20.2 Å². The first-order chi connectivity index (χ1) is 15.5. The van der Waals surface area contributed by atoms with Crippen LogP contribution in [0, 0.1) is 0 Å². The molecular weight excluding hydrogens is 469 g/mol. The van der Waals surface area contributed by atoms with Gasteiger partial charge in [-0.3, -0.25) is 4.79 Å². The molecule has 0 bridgehead atoms. The van der Waals surface area contributed by atoms with Gasteiger partial charge in [0.1, 0.15) is 5.75 Å². The molecule has 166 valence electrons. The van der Waals surface area contributed by atoms with Crippen LogP contribution in [0.15, 0.2) is 66.7 Å². The Balaban J connectivity index is 1.67. The highest BCUT2D eigenvalue weighted by Crippen LogP contribution is 2.35. The predicted molar refractivity (Wildman–Crippen MR) is 128 cm³/mol. The first kappa shape index (κ1) is 22.9. The number of hydrogen-bond donors (Lipinski definition) is 0. The van der Waals surface area contributed by atoms with Gasteiger partial charge < -0.3 is 14.4 Å². The van der Waals surface area contributed by atoms with Crippen LogP contribution in [-0.4, -0.2) is 31.0 Å². The fourth-order valence-corrected chi connectivity index (χ4v) is 4.27. The van der Waals surface area contributed by atoms with E-state index < -0.39 is 12.2 Å². The number of carbonyl (C=O) groups is 1. The van der Waals surface area contributed by atoms with Crippen molar-refractivity contribution < 1.29 is 14.3 Å². The van der Waals surface area contributed by atoms with E-state index in [1.54, 1.807) is 36.3 Å². The van der Waals surface area contributed by atoms with Crippen LogP contribution in [0.1, 0.15) is 35.3 Å². The second kappa shape index (κ2) is 10.1. The Kier molecular flexibility index (Phi) is 7.27. The van der Waals surface area contributed by atoms with Crippen LogP contribution < -0.4 is 4.74 Å². The maximum Gasteiger partial charge on any atom is 0.256 e. The molecule has 1 amide bonds. The molecule has 0 saturated carbocycles. The first-order valence-corrected chi connectivity index (χ1v) is 11.4. The summed E-state index contributed by atoms with van der Waals surface area (Å²) < 4.78 is 11.9. The van der Waals surface area contributed by atoms with Gasteiger partial charge in [-0.25, -0.2) is 0 Å². The standard InChI is InChI=1S/C25H22Cl3NO3/c1-31-24(25(30)29-12-3-13-29)17-4-2-5-20(14-17)32-23(16-6-8-18(26)9-7-16)21-11-10-19(27)15-22(21)28/h2,4-11,14-15,23-24H,3,12-13H2,1H3/t23?,24-/m0/s1. The van der Waals surface area contributed by atoms with Crippen LogP contribution in [-0.2, 0) is 9.53 Å². The van der Waals surface area contributed by atoms with Crippen LogP contribution in [0.5, 0.6) is 5.75 Å². The molecule has 0 aliphatic carbocycles. The van der Waals surface area contributed by atoms with Crippen molar-refractivity contribution in [3.63, 3.8) is 0 Å². The Labute approximate surface area is 202 Å². The van der Waals surface area contributed by atoms with E-state index in [0.717, 1.165) is 36.2 Å². The summed E-state index contributed by atoms with van der Waals surface area (Å²) in [6, 6.07) is 20.1. The number of halogens is 3. The van der Waals surface area contributed by atoms with Crippen LogP contribution in [0.3, 0.4) is 0 Å². The Morgan fingerprint density at radius 2 is 1.62 bits per heavy atom. The molecule has 2 atom stereocenters. The maximum atomic E-state index is 12.8. The number of amides is 1. The largest absolute Gasteiger partial charge is 0.481 e.